The van der Waals surface area contributed by atoms with Gasteiger partial charge in [-0.05, 0) is 66.2 Å². The Morgan fingerprint density at radius 2 is 1.43 bits per heavy atom. The molecule has 1 fully saturated rings. The molecule has 194 valence electrons. The molecule has 2 amide bonds. The van der Waals surface area contributed by atoms with Crippen LogP contribution in [0.3, 0.4) is 0 Å². The molecule has 3 aromatic rings. The first-order valence-corrected chi connectivity index (χ1v) is 13.4. The van der Waals surface area contributed by atoms with Gasteiger partial charge in [-0.2, -0.15) is 0 Å². The van der Waals surface area contributed by atoms with E-state index in [4.69, 9.17) is 4.74 Å². The maximum atomic E-state index is 12.7. The van der Waals surface area contributed by atoms with E-state index in [1.165, 1.54) is 19.1 Å². The van der Waals surface area contributed by atoms with Gasteiger partial charge in [0.2, 0.25) is 11.8 Å². The molecule has 0 aliphatic carbocycles. The summed E-state index contributed by atoms with van der Waals surface area (Å²) in [7, 11) is -2.16. The van der Waals surface area contributed by atoms with Crippen molar-refractivity contribution in [3.63, 3.8) is 0 Å². The van der Waals surface area contributed by atoms with E-state index in [0.717, 1.165) is 17.0 Å². The maximum Gasteiger partial charge on any atom is 0.261 e. The van der Waals surface area contributed by atoms with Crippen LogP contribution in [0.1, 0.15) is 12.5 Å². The number of amides is 2. The number of hydrogen-bond donors (Lipinski definition) is 2. The van der Waals surface area contributed by atoms with Crippen molar-refractivity contribution in [3.05, 3.63) is 78.4 Å². The summed E-state index contributed by atoms with van der Waals surface area (Å²) in [5, 5.41) is 2.61. The molecule has 10 heteroatoms. The van der Waals surface area contributed by atoms with Gasteiger partial charge in [0.05, 0.1) is 18.4 Å². The third kappa shape index (κ3) is 6.79. The molecule has 1 aliphatic rings. The summed E-state index contributed by atoms with van der Waals surface area (Å²) in [4.78, 5) is 28.0. The fourth-order valence-corrected chi connectivity index (χ4v) is 5.18. The Balaban J connectivity index is 1.30. The Bertz CT molecular complexity index is 1330. The second-order valence-electron chi connectivity index (χ2n) is 8.75. The summed E-state index contributed by atoms with van der Waals surface area (Å²) in [5.74, 6) is 0.635. The van der Waals surface area contributed by atoms with Crippen LogP contribution in [0.25, 0.3) is 0 Å². The van der Waals surface area contributed by atoms with Crippen molar-refractivity contribution in [3.8, 4) is 5.75 Å². The molecule has 0 aromatic heterocycles. The van der Waals surface area contributed by atoms with Crippen LogP contribution in [0.5, 0.6) is 5.75 Å². The predicted octanol–water partition coefficient (Wildman–Crippen LogP) is 3.35. The number of carbonyl (C=O) groups is 2. The highest BCUT2D eigenvalue weighted by Crippen LogP contribution is 2.23. The molecule has 37 heavy (non-hydrogen) atoms. The van der Waals surface area contributed by atoms with E-state index in [2.05, 4.69) is 14.9 Å². The first-order valence-electron chi connectivity index (χ1n) is 11.9. The molecule has 0 spiro atoms. The highest BCUT2D eigenvalue weighted by molar-refractivity contribution is 7.92. The van der Waals surface area contributed by atoms with Gasteiger partial charge in [-0.3, -0.25) is 14.3 Å². The molecular weight excluding hydrogens is 492 g/mol. The van der Waals surface area contributed by atoms with Crippen molar-refractivity contribution in [1.82, 2.24) is 4.90 Å². The molecule has 0 saturated carbocycles. The lowest BCUT2D eigenvalue weighted by Gasteiger charge is -2.36. The number of nitrogens with zero attached hydrogens (tertiary/aromatic N) is 2. The minimum Gasteiger partial charge on any atom is -0.497 e. The second kappa shape index (κ2) is 11.3. The van der Waals surface area contributed by atoms with E-state index in [9.17, 15) is 18.0 Å². The van der Waals surface area contributed by atoms with Gasteiger partial charge in [0.25, 0.3) is 10.0 Å². The fraction of sp³-hybridized carbons (Fsp3) is 0.259. The molecule has 0 radical (unpaired) electrons. The number of sulfonamides is 1. The third-order valence-electron chi connectivity index (χ3n) is 6.12. The number of anilines is 3. The molecule has 2 N–H and O–H groups in total. The van der Waals surface area contributed by atoms with Gasteiger partial charge in [-0.1, -0.05) is 12.1 Å². The van der Waals surface area contributed by atoms with Gasteiger partial charge in [0, 0.05) is 50.2 Å². The molecule has 4 rings (SSSR count). The van der Waals surface area contributed by atoms with E-state index in [-0.39, 0.29) is 16.7 Å². The van der Waals surface area contributed by atoms with Crippen molar-refractivity contribution in [2.24, 2.45) is 0 Å². The highest BCUT2D eigenvalue weighted by atomic mass is 32.2. The Hall–Kier alpha value is -4.05. The zero-order valence-electron chi connectivity index (χ0n) is 20.8. The summed E-state index contributed by atoms with van der Waals surface area (Å²) >= 11 is 0. The van der Waals surface area contributed by atoms with Crippen LogP contribution in [0.2, 0.25) is 0 Å². The molecule has 0 atom stereocenters. The lowest BCUT2D eigenvalue weighted by atomic mass is 10.1. The zero-order chi connectivity index (χ0) is 26.4. The lowest BCUT2D eigenvalue weighted by Crippen LogP contribution is -2.49. The van der Waals surface area contributed by atoms with Crippen molar-refractivity contribution in [2.75, 3.05) is 48.2 Å². The molecule has 9 nitrogen and oxygen atoms in total. The van der Waals surface area contributed by atoms with Crippen LogP contribution in [0.15, 0.2) is 77.7 Å². The van der Waals surface area contributed by atoms with Gasteiger partial charge in [-0.25, -0.2) is 8.42 Å². The van der Waals surface area contributed by atoms with E-state index < -0.39 is 10.0 Å². The van der Waals surface area contributed by atoms with Crippen LogP contribution < -0.4 is 19.7 Å². The smallest absolute Gasteiger partial charge is 0.261 e. The van der Waals surface area contributed by atoms with Gasteiger partial charge < -0.3 is 19.9 Å². The number of ether oxygens (including phenoxy) is 1. The highest BCUT2D eigenvalue weighted by Gasteiger charge is 2.22. The lowest BCUT2D eigenvalue weighted by molar-refractivity contribution is -0.130. The van der Waals surface area contributed by atoms with Crippen LogP contribution in [0, 0.1) is 0 Å². The summed E-state index contributed by atoms with van der Waals surface area (Å²) in [6, 6.07) is 20.7. The van der Waals surface area contributed by atoms with Crippen LogP contribution in [-0.4, -0.2) is 58.4 Å². The molecule has 1 saturated heterocycles. The van der Waals surface area contributed by atoms with Crippen LogP contribution in [0.4, 0.5) is 17.1 Å². The number of rotatable bonds is 8. The van der Waals surface area contributed by atoms with Gasteiger partial charge >= 0.3 is 0 Å². The van der Waals surface area contributed by atoms with E-state index >= 15 is 0 Å². The first-order chi connectivity index (χ1) is 17.7. The topological polar surface area (TPSA) is 108 Å². The average molecular weight is 523 g/mol. The summed E-state index contributed by atoms with van der Waals surface area (Å²) < 4.78 is 33.2. The molecule has 3 aromatic carbocycles. The Morgan fingerprint density at radius 1 is 0.838 bits per heavy atom. The summed E-state index contributed by atoms with van der Waals surface area (Å²) in [6.45, 7) is 4.02. The summed E-state index contributed by atoms with van der Waals surface area (Å²) in [5.41, 5.74) is 2.89. The predicted molar refractivity (Wildman–Crippen MR) is 143 cm³/mol. The number of benzene rings is 3. The van der Waals surface area contributed by atoms with Gasteiger partial charge in [0.1, 0.15) is 5.75 Å². The van der Waals surface area contributed by atoms with Gasteiger partial charge in [0.15, 0.2) is 0 Å². The summed E-state index contributed by atoms with van der Waals surface area (Å²) in [6.07, 6.45) is 0.356. The van der Waals surface area contributed by atoms with Crippen molar-refractivity contribution in [1.29, 1.82) is 0 Å². The number of carbonyl (C=O) groups excluding carboxylic acids is 2. The number of piperazine rings is 1. The average Bonchev–Trinajstić information content (AvgIpc) is 2.89. The van der Waals surface area contributed by atoms with E-state index in [1.54, 1.807) is 31.4 Å². The van der Waals surface area contributed by atoms with E-state index in [0.29, 0.717) is 44.0 Å². The number of methoxy groups -OCH3 is 1. The van der Waals surface area contributed by atoms with Crippen molar-refractivity contribution in [2.45, 2.75) is 18.2 Å². The molecule has 0 unspecified atom stereocenters. The van der Waals surface area contributed by atoms with Crippen LogP contribution in [-0.2, 0) is 26.0 Å². The Labute approximate surface area is 217 Å². The number of nitrogens with one attached hydrogen (secondary N) is 2. The Kier molecular flexibility index (Phi) is 7.98. The monoisotopic (exact) mass is 522 g/mol. The normalized spacial score (nSPS) is 13.7. The zero-order valence-corrected chi connectivity index (χ0v) is 21.6. The SMILES string of the molecule is COc1ccc(CC(=O)N2CCN(c3ccc(NS(=O)(=O)c4ccc(NC(C)=O)cc4)cc3)CC2)cc1. The number of hydrogen-bond acceptors (Lipinski definition) is 6. The van der Waals surface area contributed by atoms with Crippen LogP contribution >= 0.6 is 0 Å². The maximum absolute atomic E-state index is 12.7. The largest absolute Gasteiger partial charge is 0.497 e. The Morgan fingerprint density at radius 3 is 2.00 bits per heavy atom. The van der Waals surface area contributed by atoms with E-state index in [1.807, 2.05) is 41.3 Å². The molecular formula is C27H30N4O5S. The first kappa shape index (κ1) is 26.0. The quantitative estimate of drug-likeness (QED) is 0.470. The third-order valence-corrected chi connectivity index (χ3v) is 7.51. The minimum atomic E-state index is -3.77. The second-order valence-corrected chi connectivity index (χ2v) is 10.4. The fourth-order valence-electron chi connectivity index (χ4n) is 4.12. The van der Waals surface area contributed by atoms with Crippen molar-refractivity contribution < 1.29 is 22.7 Å². The minimum absolute atomic E-state index is 0.0969. The molecule has 1 heterocycles. The van der Waals surface area contributed by atoms with Crippen molar-refractivity contribution >= 4 is 38.9 Å². The molecule has 1 aliphatic heterocycles. The molecule has 0 bridgehead atoms. The standard InChI is InChI=1S/C27H30N4O5S/c1-20(32)28-22-7-13-26(14-8-22)37(34,35)29-23-5-9-24(10-6-23)30-15-17-31(18-16-30)27(33)19-21-3-11-25(36-2)12-4-21/h3-14,29H,15-19H2,1-2H3,(H,28,32). The van der Waals surface area contributed by atoms with Gasteiger partial charge in [-0.15, -0.1) is 0 Å².